The quantitative estimate of drug-likeness (QED) is 0.633. The van der Waals surface area contributed by atoms with Gasteiger partial charge in [0.25, 0.3) is 0 Å². The Morgan fingerprint density at radius 2 is 2.07 bits per heavy atom. The van der Waals surface area contributed by atoms with Crippen molar-refractivity contribution in [1.82, 2.24) is 0 Å². The number of methoxy groups -OCH3 is 2. The van der Waals surface area contributed by atoms with Crippen LogP contribution in [-0.4, -0.2) is 39.0 Å². The summed E-state index contributed by atoms with van der Waals surface area (Å²) in [5, 5.41) is 0. The normalized spacial score (nSPS) is 24.0. The Hall–Kier alpha value is -0.870. The van der Waals surface area contributed by atoms with E-state index in [-0.39, 0.29) is 18.2 Å². The highest BCUT2D eigenvalue weighted by atomic mass is 16.6. The number of hydrogen-bond donors (Lipinski definition) is 0. The van der Waals surface area contributed by atoms with Crippen LogP contribution in [0.5, 0.6) is 0 Å². The summed E-state index contributed by atoms with van der Waals surface area (Å²) >= 11 is 0. The molecule has 2 unspecified atom stereocenters. The van der Waals surface area contributed by atoms with Crippen LogP contribution in [-0.2, 0) is 19.0 Å². The molecule has 4 nitrogen and oxygen atoms in total. The second kappa shape index (κ2) is 4.57. The highest BCUT2D eigenvalue weighted by molar-refractivity contribution is 5.91. The number of rotatable bonds is 4. The molecule has 0 aromatic carbocycles. The van der Waals surface area contributed by atoms with Gasteiger partial charge in [0.2, 0.25) is 0 Å². The third-order valence-electron chi connectivity index (χ3n) is 2.53. The molecule has 0 aliphatic carbocycles. The molecule has 0 amide bonds. The Bertz CT molecular complexity index is 257. The first-order valence-electron chi connectivity index (χ1n) is 4.52. The molecule has 0 aromatic heterocycles. The Labute approximate surface area is 83.8 Å². The van der Waals surface area contributed by atoms with Crippen molar-refractivity contribution in [3.63, 3.8) is 0 Å². The number of esters is 1. The van der Waals surface area contributed by atoms with Crippen LogP contribution in [0.1, 0.15) is 13.8 Å². The van der Waals surface area contributed by atoms with Gasteiger partial charge < -0.3 is 14.2 Å². The molecule has 0 N–H and O–H groups in total. The summed E-state index contributed by atoms with van der Waals surface area (Å²) in [6.07, 6.45) is -0.520. The van der Waals surface area contributed by atoms with E-state index in [4.69, 9.17) is 14.2 Å². The lowest BCUT2D eigenvalue weighted by atomic mass is 10.0. The SMILES string of the molecule is COCC(OC)C1OC(=O)C(C)=C1C. The molecule has 1 aliphatic heterocycles. The van der Waals surface area contributed by atoms with E-state index in [9.17, 15) is 4.79 Å². The summed E-state index contributed by atoms with van der Waals surface area (Å²) in [5.41, 5.74) is 1.60. The first kappa shape index (κ1) is 11.2. The zero-order valence-corrected chi connectivity index (χ0v) is 8.99. The minimum absolute atomic E-state index is 0.221. The van der Waals surface area contributed by atoms with E-state index in [0.29, 0.717) is 12.2 Å². The van der Waals surface area contributed by atoms with Crippen LogP contribution >= 0.6 is 0 Å². The maximum Gasteiger partial charge on any atom is 0.334 e. The van der Waals surface area contributed by atoms with E-state index < -0.39 is 0 Å². The third-order valence-corrected chi connectivity index (χ3v) is 2.53. The molecule has 1 aliphatic rings. The molecule has 1 heterocycles. The Kier molecular flexibility index (Phi) is 3.66. The number of carbonyl (C=O) groups is 1. The highest BCUT2D eigenvalue weighted by Crippen LogP contribution is 2.25. The van der Waals surface area contributed by atoms with Crippen molar-refractivity contribution in [2.45, 2.75) is 26.1 Å². The summed E-state index contributed by atoms with van der Waals surface area (Å²) < 4.78 is 15.4. The summed E-state index contributed by atoms with van der Waals surface area (Å²) in [4.78, 5) is 11.2. The van der Waals surface area contributed by atoms with Crippen molar-refractivity contribution in [3.05, 3.63) is 11.1 Å². The third kappa shape index (κ3) is 1.96. The molecule has 0 saturated carbocycles. The molecule has 0 fully saturated rings. The molecule has 0 saturated heterocycles. The van der Waals surface area contributed by atoms with Gasteiger partial charge in [-0.1, -0.05) is 0 Å². The predicted molar refractivity (Wildman–Crippen MR) is 50.9 cm³/mol. The van der Waals surface area contributed by atoms with Gasteiger partial charge in [0, 0.05) is 19.8 Å². The molecule has 0 bridgehead atoms. The zero-order chi connectivity index (χ0) is 10.7. The van der Waals surface area contributed by atoms with Gasteiger partial charge in [0.1, 0.15) is 6.10 Å². The van der Waals surface area contributed by atoms with Crippen molar-refractivity contribution in [3.8, 4) is 0 Å². The van der Waals surface area contributed by atoms with Crippen LogP contribution in [0, 0.1) is 0 Å². The predicted octanol–water partition coefficient (Wildman–Crippen LogP) is 0.910. The largest absolute Gasteiger partial charge is 0.452 e. The van der Waals surface area contributed by atoms with Crippen LogP contribution in [0.15, 0.2) is 11.1 Å². The van der Waals surface area contributed by atoms with E-state index in [1.54, 1.807) is 21.1 Å². The molecule has 80 valence electrons. The Morgan fingerprint density at radius 3 is 2.43 bits per heavy atom. The minimum atomic E-state index is -0.299. The van der Waals surface area contributed by atoms with Crippen molar-refractivity contribution in [2.24, 2.45) is 0 Å². The van der Waals surface area contributed by atoms with Gasteiger partial charge in [-0.05, 0) is 19.4 Å². The van der Waals surface area contributed by atoms with Gasteiger partial charge in [-0.2, -0.15) is 0 Å². The number of hydrogen-bond acceptors (Lipinski definition) is 4. The van der Waals surface area contributed by atoms with Crippen molar-refractivity contribution >= 4 is 5.97 Å². The fourth-order valence-electron chi connectivity index (χ4n) is 1.46. The lowest BCUT2D eigenvalue weighted by Crippen LogP contribution is -2.33. The Morgan fingerprint density at radius 1 is 1.43 bits per heavy atom. The molecule has 2 atom stereocenters. The molecular formula is C10H16O4. The number of cyclic esters (lactones) is 1. The van der Waals surface area contributed by atoms with Gasteiger partial charge in [0.15, 0.2) is 6.10 Å². The zero-order valence-electron chi connectivity index (χ0n) is 8.99. The maximum absolute atomic E-state index is 11.2. The fraction of sp³-hybridized carbons (Fsp3) is 0.700. The molecule has 0 aromatic rings. The molecule has 0 spiro atoms. The average molecular weight is 200 g/mol. The van der Waals surface area contributed by atoms with Crippen molar-refractivity contribution in [1.29, 1.82) is 0 Å². The van der Waals surface area contributed by atoms with Gasteiger partial charge >= 0.3 is 5.97 Å². The summed E-state index contributed by atoms with van der Waals surface area (Å²) in [5.74, 6) is -0.259. The van der Waals surface area contributed by atoms with E-state index >= 15 is 0 Å². The summed E-state index contributed by atoms with van der Waals surface area (Å²) in [7, 11) is 3.17. The highest BCUT2D eigenvalue weighted by Gasteiger charge is 2.34. The molecule has 0 radical (unpaired) electrons. The van der Waals surface area contributed by atoms with Gasteiger partial charge in [0.05, 0.1) is 6.61 Å². The minimum Gasteiger partial charge on any atom is -0.452 e. The summed E-state index contributed by atoms with van der Waals surface area (Å²) in [6, 6.07) is 0. The van der Waals surface area contributed by atoms with Crippen LogP contribution in [0.3, 0.4) is 0 Å². The topological polar surface area (TPSA) is 44.8 Å². The van der Waals surface area contributed by atoms with Crippen LogP contribution in [0.25, 0.3) is 0 Å². The van der Waals surface area contributed by atoms with Gasteiger partial charge in [-0.15, -0.1) is 0 Å². The average Bonchev–Trinajstić information content (AvgIpc) is 2.42. The van der Waals surface area contributed by atoms with Crippen LogP contribution in [0.4, 0.5) is 0 Å². The van der Waals surface area contributed by atoms with Crippen molar-refractivity contribution in [2.75, 3.05) is 20.8 Å². The monoisotopic (exact) mass is 200 g/mol. The molecular weight excluding hydrogens is 184 g/mol. The second-order valence-corrected chi connectivity index (χ2v) is 3.36. The molecule has 1 rings (SSSR count). The first-order chi connectivity index (χ1) is 6.61. The summed E-state index contributed by atoms with van der Waals surface area (Å²) in [6.45, 7) is 4.06. The standard InChI is InChI=1S/C10H16O4/c1-6-7(2)10(11)14-9(6)8(13-4)5-12-3/h8-9H,5H2,1-4H3. The van der Waals surface area contributed by atoms with E-state index in [1.807, 2.05) is 6.92 Å². The number of ether oxygens (including phenoxy) is 3. The second-order valence-electron chi connectivity index (χ2n) is 3.36. The fourth-order valence-corrected chi connectivity index (χ4v) is 1.46. The van der Waals surface area contributed by atoms with Crippen molar-refractivity contribution < 1.29 is 19.0 Å². The van der Waals surface area contributed by atoms with Gasteiger partial charge in [-0.25, -0.2) is 4.79 Å². The van der Waals surface area contributed by atoms with Gasteiger partial charge in [-0.3, -0.25) is 0 Å². The van der Waals surface area contributed by atoms with E-state index in [1.165, 1.54) is 0 Å². The van der Waals surface area contributed by atoms with E-state index in [0.717, 1.165) is 5.57 Å². The Balaban J connectivity index is 2.75. The lowest BCUT2D eigenvalue weighted by Gasteiger charge is -2.21. The van der Waals surface area contributed by atoms with Crippen LogP contribution in [0.2, 0.25) is 0 Å². The number of carbonyl (C=O) groups excluding carboxylic acids is 1. The first-order valence-corrected chi connectivity index (χ1v) is 4.52. The molecule has 4 heteroatoms. The van der Waals surface area contributed by atoms with E-state index in [2.05, 4.69) is 0 Å². The molecule has 14 heavy (non-hydrogen) atoms. The lowest BCUT2D eigenvalue weighted by molar-refractivity contribution is -0.146. The smallest absolute Gasteiger partial charge is 0.334 e. The van der Waals surface area contributed by atoms with Crippen LogP contribution < -0.4 is 0 Å². The maximum atomic E-state index is 11.2.